The molecule has 2 N–H and O–H groups in total. The van der Waals surface area contributed by atoms with Gasteiger partial charge in [-0.05, 0) is 50.6 Å². The molecule has 7 heteroatoms. The molecule has 1 amide bonds. The van der Waals surface area contributed by atoms with E-state index >= 15 is 0 Å². The Balaban J connectivity index is 1.58. The Hall–Kier alpha value is -2.67. The molecule has 0 aliphatic carbocycles. The van der Waals surface area contributed by atoms with Gasteiger partial charge in [0.2, 0.25) is 0 Å². The van der Waals surface area contributed by atoms with Gasteiger partial charge in [0.05, 0.1) is 11.8 Å². The average molecular weight is 356 g/mol. The Bertz CT molecular complexity index is 763. The summed E-state index contributed by atoms with van der Waals surface area (Å²) in [4.78, 5) is 25.7. The summed E-state index contributed by atoms with van der Waals surface area (Å²) >= 11 is 0. The zero-order valence-electron chi connectivity index (χ0n) is 14.9. The lowest BCUT2D eigenvalue weighted by Gasteiger charge is -2.26. The topological polar surface area (TPSA) is 87.5 Å². The van der Waals surface area contributed by atoms with Gasteiger partial charge >= 0.3 is 5.97 Å². The number of piperidine rings is 1. The number of nitrogens with zero attached hydrogens (tertiary/aromatic N) is 3. The maximum atomic E-state index is 12.3. The highest BCUT2D eigenvalue weighted by Crippen LogP contribution is 2.16. The number of aliphatic carboxylic acids is 1. The van der Waals surface area contributed by atoms with Crippen molar-refractivity contribution >= 4 is 17.6 Å². The fraction of sp³-hybridized carbons (Fsp3) is 0.421. The van der Waals surface area contributed by atoms with E-state index in [1.165, 1.54) is 48.8 Å². The summed E-state index contributed by atoms with van der Waals surface area (Å²) in [5.41, 5.74) is 2.26. The predicted molar refractivity (Wildman–Crippen MR) is 98.1 cm³/mol. The van der Waals surface area contributed by atoms with E-state index in [9.17, 15) is 9.59 Å². The van der Waals surface area contributed by atoms with Gasteiger partial charge < -0.3 is 10.4 Å². The lowest BCUT2D eigenvalue weighted by molar-refractivity contribution is -0.140. The van der Waals surface area contributed by atoms with Crippen molar-refractivity contribution in [3.8, 4) is 0 Å². The fourth-order valence-corrected chi connectivity index (χ4v) is 3.05. The van der Waals surface area contributed by atoms with Gasteiger partial charge in [0, 0.05) is 18.4 Å². The SMILES string of the molecule is CC(C(=O)O)n1cc(C(=O)Nc2ccc(CN3CCCCC3)cc2)cn1. The minimum Gasteiger partial charge on any atom is -0.480 e. The Morgan fingerprint density at radius 1 is 1.19 bits per heavy atom. The number of nitrogens with one attached hydrogen (secondary N) is 1. The van der Waals surface area contributed by atoms with Crippen molar-refractivity contribution in [3.63, 3.8) is 0 Å². The Morgan fingerprint density at radius 3 is 2.54 bits per heavy atom. The number of carbonyl (C=O) groups is 2. The van der Waals surface area contributed by atoms with Crippen LogP contribution in [0.2, 0.25) is 0 Å². The second-order valence-corrected chi connectivity index (χ2v) is 6.71. The third-order valence-electron chi connectivity index (χ3n) is 4.68. The molecule has 1 unspecified atom stereocenters. The molecule has 1 aromatic carbocycles. The first-order chi connectivity index (χ1) is 12.5. The van der Waals surface area contributed by atoms with Crippen LogP contribution in [0.25, 0.3) is 0 Å². The number of carboxylic acid groups (broad SMARTS) is 1. The first-order valence-electron chi connectivity index (χ1n) is 8.92. The van der Waals surface area contributed by atoms with Gasteiger partial charge in [0.25, 0.3) is 5.91 Å². The number of likely N-dealkylation sites (tertiary alicyclic amines) is 1. The summed E-state index contributed by atoms with van der Waals surface area (Å²) in [5.74, 6) is -1.30. The van der Waals surface area contributed by atoms with E-state index in [-0.39, 0.29) is 5.91 Å². The molecule has 0 saturated carbocycles. The van der Waals surface area contributed by atoms with Gasteiger partial charge in [0.15, 0.2) is 0 Å². The molecule has 26 heavy (non-hydrogen) atoms. The number of rotatable bonds is 6. The predicted octanol–water partition coefficient (Wildman–Crippen LogP) is 2.77. The highest BCUT2D eigenvalue weighted by atomic mass is 16.4. The summed E-state index contributed by atoms with van der Waals surface area (Å²) in [6, 6.07) is 7.02. The summed E-state index contributed by atoms with van der Waals surface area (Å²) < 4.78 is 1.26. The fourth-order valence-electron chi connectivity index (χ4n) is 3.05. The number of anilines is 1. The van der Waals surface area contributed by atoms with Crippen molar-refractivity contribution < 1.29 is 14.7 Å². The van der Waals surface area contributed by atoms with Gasteiger partial charge in [0.1, 0.15) is 6.04 Å². The van der Waals surface area contributed by atoms with Gasteiger partial charge in [-0.3, -0.25) is 14.4 Å². The van der Waals surface area contributed by atoms with Gasteiger partial charge in [-0.2, -0.15) is 5.10 Å². The molecule has 2 heterocycles. The second kappa shape index (κ2) is 8.14. The van der Waals surface area contributed by atoms with Crippen LogP contribution >= 0.6 is 0 Å². The van der Waals surface area contributed by atoms with Gasteiger partial charge in [-0.15, -0.1) is 0 Å². The van der Waals surface area contributed by atoms with Crippen molar-refractivity contribution in [2.75, 3.05) is 18.4 Å². The van der Waals surface area contributed by atoms with E-state index in [1.54, 1.807) is 0 Å². The highest BCUT2D eigenvalue weighted by Gasteiger charge is 2.17. The quantitative estimate of drug-likeness (QED) is 0.831. The number of hydrogen-bond donors (Lipinski definition) is 2. The van der Waals surface area contributed by atoms with Crippen LogP contribution in [-0.4, -0.2) is 44.8 Å². The molecule has 1 aliphatic rings. The third-order valence-corrected chi connectivity index (χ3v) is 4.68. The molecule has 7 nitrogen and oxygen atoms in total. The molecule has 0 radical (unpaired) electrons. The van der Waals surface area contributed by atoms with Crippen LogP contribution in [0.1, 0.15) is 48.1 Å². The molecule has 0 spiro atoms. The standard InChI is InChI=1S/C19H24N4O3/c1-14(19(25)26)23-13-16(11-20-23)18(24)21-17-7-5-15(6-8-17)12-22-9-3-2-4-10-22/h5-8,11,13-14H,2-4,9-10,12H2,1H3,(H,21,24)(H,25,26). The van der Waals surface area contributed by atoms with Crippen molar-refractivity contribution in [1.82, 2.24) is 14.7 Å². The van der Waals surface area contributed by atoms with E-state index < -0.39 is 12.0 Å². The maximum absolute atomic E-state index is 12.3. The molecule has 2 aromatic rings. The molecule has 3 rings (SSSR count). The van der Waals surface area contributed by atoms with Crippen LogP contribution in [0.5, 0.6) is 0 Å². The summed E-state index contributed by atoms with van der Waals surface area (Å²) in [6.07, 6.45) is 6.67. The monoisotopic (exact) mass is 356 g/mol. The second-order valence-electron chi connectivity index (χ2n) is 6.71. The highest BCUT2D eigenvalue weighted by molar-refractivity contribution is 6.03. The third kappa shape index (κ3) is 4.49. The largest absolute Gasteiger partial charge is 0.480 e. The van der Waals surface area contributed by atoms with Crippen LogP contribution in [0.4, 0.5) is 5.69 Å². The first kappa shape index (κ1) is 18.1. The van der Waals surface area contributed by atoms with Crippen molar-refractivity contribution in [1.29, 1.82) is 0 Å². The van der Waals surface area contributed by atoms with Crippen molar-refractivity contribution in [2.24, 2.45) is 0 Å². The lowest BCUT2D eigenvalue weighted by Crippen LogP contribution is -2.29. The number of amides is 1. The van der Waals surface area contributed by atoms with Crippen molar-refractivity contribution in [3.05, 3.63) is 47.8 Å². The Morgan fingerprint density at radius 2 is 1.88 bits per heavy atom. The van der Waals surface area contributed by atoms with E-state index in [0.29, 0.717) is 11.3 Å². The van der Waals surface area contributed by atoms with Crippen LogP contribution in [-0.2, 0) is 11.3 Å². The molecular formula is C19H24N4O3. The molecule has 1 aliphatic heterocycles. The van der Waals surface area contributed by atoms with E-state index in [2.05, 4.69) is 15.3 Å². The van der Waals surface area contributed by atoms with Crippen LogP contribution in [0, 0.1) is 0 Å². The minimum atomic E-state index is -0.996. The zero-order chi connectivity index (χ0) is 18.5. The van der Waals surface area contributed by atoms with Crippen molar-refractivity contribution in [2.45, 2.75) is 38.8 Å². The van der Waals surface area contributed by atoms with Crippen LogP contribution in [0.3, 0.4) is 0 Å². The Labute approximate surface area is 152 Å². The number of aromatic nitrogens is 2. The molecule has 0 bridgehead atoms. The number of carbonyl (C=O) groups excluding carboxylic acids is 1. The molecule has 1 aromatic heterocycles. The Kier molecular flexibility index (Phi) is 5.68. The average Bonchev–Trinajstić information content (AvgIpc) is 3.13. The normalized spacial score (nSPS) is 16.2. The number of benzene rings is 1. The zero-order valence-corrected chi connectivity index (χ0v) is 14.9. The maximum Gasteiger partial charge on any atom is 0.328 e. The summed E-state index contributed by atoms with van der Waals surface area (Å²) in [7, 11) is 0. The molecule has 1 fully saturated rings. The van der Waals surface area contributed by atoms with E-state index in [4.69, 9.17) is 5.11 Å². The molecular weight excluding hydrogens is 332 g/mol. The van der Waals surface area contributed by atoms with E-state index in [1.807, 2.05) is 24.3 Å². The van der Waals surface area contributed by atoms with Gasteiger partial charge in [-0.1, -0.05) is 18.6 Å². The summed E-state index contributed by atoms with van der Waals surface area (Å²) in [6.45, 7) is 4.75. The lowest BCUT2D eigenvalue weighted by atomic mass is 10.1. The van der Waals surface area contributed by atoms with E-state index in [0.717, 1.165) is 19.6 Å². The smallest absolute Gasteiger partial charge is 0.328 e. The number of hydrogen-bond acceptors (Lipinski definition) is 4. The first-order valence-corrected chi connectivity index (χ1v) is 8.92. The molecule has 1 atom stereocenters. The minimum absolute atomic E-state index is 0.308. The van der Waals surface area contributed by atoms with Crippen LogP contribution in [0.15, 0.2) is 36.7 Å². The molecule has 138 valence electrons. The van der Waals surface area contributed by atoms with Crippen LogP contribution < -0.4 is 5.32 Å². The molecule has 1 saturated heterocycles. The number of carboxylic acids is 1. The summed E-state index contributed by atoms with van der Waals surface area (Å²) in [5, 5.41) is 15.8. The van der Waals surface area contributed by atoms with Gasteiger partial charge in [-0.25, -0.2) is 4.79 Å².